The molecule has 0 fully saturated rings. The molecule has 0 aromatic rings. The average Bonchev–Trinajstić information content (AvgIpc) is 2.14. The molecule has 4 nitrogen and oxygen atoms in total. The van der Waals surface area contributed by atoms with Gasteiger partial charge in [-0.25, -0.2) is 0 Å². The molecule has 1 atom stereocenters. The van der Waals surface area contributed by atoms with Gasteiger partial charge in [-0.1, -0.05) is 13.8 Å². The molecule has 0 aromatic heterocycles. The van der Waals surface area contributed by atoms with Gasteiger partial charge in [-0.05, 0) is 26.2 Å². The van der Waals surface area contributed by atoms with E-state index >= 15 is 0 Å². The summed E-state index contributed by atoms with van der Waals surface area (Å²) in [5.74, 6) is 0. The molecule has 6 heteroatoms. The van der Waals surface area contributed by atoms with Crippen molar-refractivity contribution in [2.75, 3.05) is 6.61 Å². The Morgan fingerprint density at radius 3 is 2.12 bits per heavy atom. The maximum Gasteiger partial charge on any atom is 0.168 e. The minimum atomic E-state index is -0.914. The minimum absolute atomic E-state index is 0.173. The van der Waals surface area contributed by atoms with Gasteiger partial charge in [0.15, 0.2) is 15.7 Å². The van der Waals surface area contributed by atoms with Gasteiger partial charge >= 0.3 is 0 Å². The first kappa shape index (κ1) is 16.4. The lowest BCUT2D eigenvalue weighted by atomic mass is 9.75. The largest absolute Gasteiger partial charge is 0.361 e. The Morgan fingerprint density at radius 2 is 1.71 bits per heavy atom. The van der Waals surface area contributed by atoms with Crippen molar-refractivity contribution in [2.45, 2.75) is 45.8 Å². The van der Waals surface area contributed by atoms with E-state index in [0.717, 1.165) is 0 Å². The quantitative estimate of drug-likeness (QED) is 0.484. The standard InChI is InChI=1S/C11H19B2NO3/c1-10(2,9(13)16)6-7-17-11(3,14)5-4-8(12)15/h4-7,14H2,1-3H3. The van der Waals surface area contributed by atoms with E-state index in [1.165, 1.54) is 0 Å². The molecule has 2 N–H and O–H groups in total. The summed E-state index contributed by atoms with van der Waals surface area (Å²) in [5, 5.41) is 0. The highest BCUT2D eigenvalue weighted by Gasteiger charge is 2.25. The molecule has 0 aliphatic carbocycles. The van der Waals surface area contributed by atoms with Crippen molar-refractivity contribution in [1.29, 1.82) is 0 Å². The van der Waals surface area contributed by atoms with Crippen molar-refractivity contribution >= 4 is 27.1 Å². The molecule has 0 heterocycles. The van der Waals surface area contributed by atoms with E-state index in [2.05, 4.69) is 0 Å². The molecule has 0 amide bonds. The van der Waals surface area contributed by atoms with Crippen LogP contribution in [-0.2, 0) is 14.3 Å². The van der Waals surface area contributed by atoms with E-state index < -0.39 is 16.8 Å². The van der Waals surface area contributed by atoms with Crippen LogP contribution in [0.1, 0.15) is 40.0 Å². The van der Waals surface area contributed by atoms with Crippen LogP contribution in [0.25, 0.3) is 0 Å². The van der Waals surface area contributed by atoms with Gasteiger partial charge in [0.25, 0.3) is 0 Å². The summed E-state index contributed by atoms with van der Waals surface area (Å²) >= 11 is 0. The van der Waals surface area contributed by atoms with Crippen LogP contribution in [0.3, 0.4) is 0 Å². The Kier molecular flexibility index (Phi) is 6.13. The molecule has 1 unspecified atom stereocenters. The maximum atomic E-state index is 11.1. The first-order valence-electron chi connectivity index (χ1n) is 5.58. The third kappa shape index (κ3) is 7.34. The molecule has 0 saturated heterocycles. The monoisotopic (exact) mass is 235 g/mol. The average molecular weight is 235 g/mol. The van der Waals surface area contributed by atoms with Gasteiger partial charge in [-0.2, -0.15) is 0 Å². The molecular weight excluding hydrogens is 216 g/mol. The van der Waals surface area contributed by atoms with Crippen molar-refractivity contribution in [1.82, 2.24) is 0 Å². The zero-order chi connectivity index (χ0) is 13.7. The van der Waals surface area contributed by atoms with Crippen LogP contribution < -0.4 is 5.73 Å². The predicted octanol–water partition coefficient (Wildman–Crippen LogP) is 0.265. The second-order valence-electron chi connectivity index (χ2n) is 5.13. The smallest absolute Gasteiger partial charge is 0.168 e. The van der Waals surface area contributed by atoms with E-state index in [9.17, 15) is 9.59 Å². The number of carbonyl (C=O) groups excluding carboxylic acids is 2. The SMILES string of the molecule is [B]C(=O)CCC(C)(N)OCCC(C)(C)C([B])=O. The van der Waals surface area contributed by atoms with Crippen molar-refractivity contribution in [3.63, 3.8) is 0 Å². The van der Waals surface area contributed by atoms with Crippen molar-refractivity contribution < 1.29 is 14.3 Å². The molecule has 0 aliphatic heterocycles. The summed E-state index contributed by atoms with van der Waals surface area (Å²) in [6, 6.07) is 0. The number of hydrogen-bond acceptors (Lipinski definition) is 4. The van der Waals surface area contributed by atoms with Gasteiger partial charge in [0, 0.05) is 12.0 Å². The second-order valence-corrected chi connectivity index (χ2v) is 5.13. The van der Waals surface area contributed by atoms with Crippen molar-refractivity contribution in [3.8, 4) is 0 Å². The van der Waals surface area contributed by atoms with Crippen LogP contribution in [0.2, 0.25) is 0 Å². The van der Waals surface area contributed by atoms with Crippen molar-refractivity contribution in [3.05, 3.63) is 0 Å². The van der Waals surface area contributed by atoms with E-state index in [4.69, 9.17) is 26.2 Å². The van der Waals surface area contributed by atoms with E-state index in [1.54, 1.807) is 20.8 Å². The number of carbonyl (C=O) groups is 2. The number of ether oxygens (including phenoxy) is 1. The van der Waals surface area contributed by atoms with Crippen LogP contribution in [0.4, 0.5) is 0 Å². The fourth-order valence-electron chi connectivity index (χ4n) is 1.11. The van der Waals surface area contributed by atoms with E-state index in [1.807, 2.05) is 0 Å². The summed E-state index contributed by atoms with van der Waals surface area (Å²) in [5.41, 5.74) is 3.49. The molecule has 0 spiro atoms. The normalized spacial score (nSPS) is 15.3. The number of hydrogen-bond donors (Lipinski definition) is 1. The van der Waals surface area contributed by atoms with Gasteiger partial charge in [0.05, 0.1) is 11.4 Å². The zero-order valence-corrected chi connectivity index (χ0v) is 10.8. The summed E-state index contributed by atoms with van der Waals surface area (Å²) in [7, 11) is 10.3. The lowest BCUT2D eigenvalue weighted by Crippen LogP contribution is -2.41. The molecule has 17 heavy (non-hydrogen) atoms. The van der Waals surface area contributed by atoms with Gasteiger partial charge in [0.2, 0.25) is 0 Å². The third-order valence-electron chi connectivity index (χ3n) is 2.69. The van der Waals surface area contributed by atoms with Crippen molar-refractivity contribution in [2.24, 2.45) is 11.1 Å². The predicted molar refractivity (Wildman–Crippen MR) is 67.7 cm³/mol. The molecule has 0 bridgehead atoms. The molecule has 0 aliphatic rings. The van der Waals surface area contributed by atoms with Crippen LogP contribution in [-0.4, -0.2) is 39.4 Å². The Morgan fingerprint density at radius 1 is 1.18 bits per heavy atom. The summed E-state index contributed by atoms with van der Waals surface area (Å²) in [6.07, 6.45) is 0.997. The first-order chi connectivity index (χ1) is 7.57. The lowest BCUT2D eigenvalue weighted by Gasteiger charge is -2.28. The molecule has 92 valence electrons. The fourth-order valence-corrected chi connectivity index (χ4v) is 1.11. The summed E-state index contributed by atoms with van der Waals surface area (Å²) in [6.45, 7) is 5.47. The molecule has 0 aromatic carbocycles. The topological polar surface area (TPSA) is 69.4 Å². The molecule has 0 saturated carbocycles. The molecule has 0 rings (SSSR count). The maximum absolute atomic E-state index is 11.1. The van der Waals surface area contributed by atoms with E-state index in [0.29, 0.717) is 19.4 Å². The third-order valence-corrected chi connectivity index (χ3v) is 2.69. The second kappa shape index (κ2) is 6.36. The Hall–Kier alpha value is -0.610. The van der Waals surface area contributed by atoms with Gasteiger partial charge in [0.1, 0.15) is 5.72 Å². The zero-order valence-electron chi connectivity index (χ0n) is 10.8. The highest BCUT2D eigenvalue weighted by molar-refractivity contribution is 6.58. The Balaban J connectivity index is 4.02. The van der Waals surface area contributed by atoms with Crippen LogP contribution >= 0.6 is 0 Å². The number of nitrogens with two attached hydrogens (primary N) is 1. The lowest BCUT2D eigenvalue weighted by molar-refractivity contribution is -0.121. The first-order valence-corrected chi connectivity index (χ1v) is 5.58. The fraction of sp³-hybridized carbons (Fsp3) is 0.818. The van der Waals surface area contributed by atoms with Gasteiger partial charge < -0.3 is 20.1 Å². The summed E-state index contributed by atoms with van der Waals surface area (Å²) in [4.78, 5) is 21.7. The van der Waals surface area contributed by atoms with Crippen LogP contribution in [0.15, 0.2) is 0 Å². The summed E-state index contributed by atoms with van der Waals surface area (Å²) < 4.78 is 5.43. The van der Waals surface area contributed by atoms with Gasteiger partial charge in [-0.3, -0.25) is 0 Å². The highest BCUT2D eigenvalue weighted by atomic mass is 16.5. The minimum Gasteiger partial charge on any atom is -0.361 e. The Labute approximate surface area is 105 Å². The Bertz CT molecular complexity index is 290. The molecule has 4 radical (unpaired) electrons. The highest BCUT2D eigenvalue weighted by Crippen LogP contribution is 2.21. The van der Waals surface area contributed by atoms with Crippen LogP contribution in [0.5, 0.6) is 0 Å². The van der Waals surface area contributed by atoms with Gasteiger partial charge in [-0.15, -0.1) is 0 Å². The van der Waals surface area contributed by atoms with E-state index in [-0.39, 0.29) is 12.1 Å². The number of rotatable bonds is 8. The van der Waals surface area contributed by atoms with Crippen LogP contribution in [0, 0.1) is 5.41 Å². The molecular formula is C11H19B2NO3.